The Morgan fingerprint density at radius 3 is 2.47 bits per heavy atom. The first-order chi connectivity index (χ1) is 8.90. The van der Waals surface area contributed by atoms with Crippen LogP contribution in [-0.4, -0.2) is 38.7 Å². The number of rotatable bonds is 6. The van der Waals surface area contributed by atoms with Gasteiger partial charge < -0.3 is 20.3 Å². The topological polar surface area (TPSA) is 96.3 Å². The summed E-state index contributed by atoms with van der Waals surface area (Å²) < 4.78 is 1.84. The maximum Gasteiger partial charge on any atom is 0.326 e. The van der Waals surface area contributed by atoms with Crippen LogP contribution < -0.4 is 10.6 Å². The SMILES string of the molecule is CC(Cn1ccnc1)NC(=O)N[C@H](C(=O)O)C(C)C. The van der Waals surface area contributed by atoms with Gasteiger partial charge in [0.15, 0.2) is 0 Å². The average Bonchev–Trinajstić information content (AvgIpc) is 2.77. The highest BCUT2D eigenvalue weighted by molar-refractivity contribution is 5.82. The molecule has 2 amide bonds. The number of hydrogen-bond donors (Lipinski definition) is 3. The van der Waals surface area contributed by atoms with E-state index in [0.29, 0.717) is 6.54 Å². The number of hydrogen-bond acceptors (Lipinski definition) is 3. The second kappa shape index (κ2) is 6.77. The summed E-state index contributed by atoms with van der Waals surface area (Å²) >= 11 is 0. The van der Waals surface area contributed by atoms with Crippen molar-refractivity contribution in [2.24, 2.45) is 5.92 Å². The van der Waals surface area contributed by atoms with Crippen molar-refractivity contribution >= 4 is 12.0 Å². The molecule has 0 aliphatic rings. The molecule has 19 heavy (non-hydrogen) atoms. The fraction of sp³-hybridized carbons (Fsp3) is 0.583. The number of carbonyl (C=O) groups is 2. The Kier molecular flexibility index (Phi) is 5.35. The molecule has 2 atom stereocenters. The van der Waals surface area contributed by atoms with Crippen LogP contribution in [-0.2, 0) is 11.3 Å². The molecular weight excluding hydrogens is 248 g/mol. The molecule has 0 aromatic carbocycles. The van der Waals surface area contributed by atoms with Gasteiger partial charge in [0, 0.05) is 25.0 Å². The van der Waals surface area contributed by atoms with Gasteiger partial charge in [0.05, 0.1) is 6.33 Å². The van der Waals surface area contributed by atoms with Crippen molar-refractivity contribution in [1.29, 1.82) is 0 Å². The third-order valence-corrected chi connectivity index (χ3v) is 2.64. The minimum Gasteiger partial charge on any atom is -0.480 e. The highest BCUT2D eigenvalue weighted by Crippen LogP contribution is 2.01. The van der Waals surface area contributed by atoms with Gasteiger partial charge in [-0.25, -0.2) is 14.6 Å². The van der Waals surface area contributed by atoms with Gasteiger partial charge in [0.2, 0.25) is 0 Å². The van der Waals surface area contributed by atoms with Crippen LogP contribution >= 0.6 is 0 Å². The standard InChI is InChI=1S/C12H20N4O3/c1-8(2)10(11(17)18)15-12(19)14-9(3)6-16-5-4-13-7-16/h4-5,7-10H,6H2,1-3H3,(H,17,18)(H2,14,15,19)/t9?,10-/m0/s1. The summed E-state index contributed by atoms with van der Waals surface area (Å²) in [5.74, 6) is -1.21. The lowest BCUT2D eigenvalue weighted by atomic mass is 10.1. The zero-order valence-corrected chi connectivity index (χ0v) is 11.3. The molecule has 1 rings (SSSR count). The summed E-state index contributed by atoms with van der Waals surface area (Å²) in [5, 5.41) is 14.1. The Morgan fingerprint density at radius 2 is 2.00 bits per heavy atom. The summed E-state index contributed by atoms with van der Waals surface area (Å²) in [6.07, 6.45) is 5.11. The molecular formula is C12H20N4O3. The Morgan fingerprint density at radius 1 is 1.32 bits per heavy atom. The van der Waals surface area contributed by atoms with Gasteiger partial charge in [0.25, 0.3) is 0 Å². The minimum absolute atomic E-state index is 0.129. The number of aliphatic carboxylic acids is 1. The second-order valence-electron chi connectivity index (χ2n) is 4.84. The monoisotopic (exact) mass is 268 g/mol. The first kappa shape index (κ1) is 15.0. The molecule has 0 fully saturated rings. The van der Waals surface area contributed by atoms with Crippen LogP contribution in [0.1, 0.15) is 20.8 Å². The van der Waals surface area contributed by atoms with Gasteiger partial charge in [-0.2, -0.15) is 0 Å². The van der Waals surface area contributed by atoms with E-state index in [4.69, 9.17) is 5.11 Å². The van der Waals surface area contributed by atoms with Crippen molar-refractivity contribution in [3.05, 3.63) is 18.7 Å². The third kappa shape index (κ3) is 4.99. The van der Waals surface area contributed by atoms with Crippen molar-refractivity contribution in [2.75, 3.05) is 0 Å². The quantitative estimate of drug-likeness (QED) is 0.707. The van der Waals surface area contributed by atoms with Crippen molar-refractivity contribution in [3.8, 4) is 0 Å². The van der Waals surface area contributed by atoms with Crippen LogP contribution in [0.4, 0.5) is 4.79 Å². The second-order valence-corrected chi connectivity index (χ2v) is 4.84. The first-order valence-corrected chi connectivity index (χ1v) is 6.15. The van der Waals surface area contributed by atoms with Gasteiger partial charge in [-0.1, -0.05) is 13.8 Å². The van der Waals surface area contributed by atoms with Gasteiger partial charge in [-0.15, -0.1) is 0 Å². The number of carbonyl (C=O) groups excluding carboxylic acids is 1. The number of amides is 2. The fourth-order valence-corrected chi connectivity index (χ4v) is 1.68. The zero-order chi connectivity index (χ0) is 14.4. The molecule has 3 N–H and O–H groups in total. The predicted octanol–water partition coefficient (Wildman–Crippen LogP) is 0.680. The van der Waals surface area contributed by atoms with Crippen LogP contribution in [0, 0.1) is 5.92 Å². The number of carboxylic acid groups (broad SMARTS) is 1. The van der Waals surface area contributed by atoms with E-state index in [1.807, 2.05) is 11.5 Å². The summed E-state index contributed by atoms with van der Waals surface area (Å²) in [4.78, 5) is 26.6. The van der Waals surface area contributed by atoms with Crippen LogP contribution in [0.5, 0.6) is 0 Å². The average molecular weight is 268 g/mol. The molecule has 0 aliphatic heterocycles. The van der Waals surface area contributed by atoms with Crippen LogP contribution in [0.2, 0.25) is 0 Å². The maximum absolute atomic E-state index is 11.7. The summed E-state index contributed by atoms with van der Waals surface area (Å²) in [7, 11) is 0. The maximum atomic E-state index is 11.7. The number of nitrogens with zero attached hydrogens (tertiary/aromatic N) is 2. The molecule has 0 radical (unpaired) electrons. The van der Waals surface area contributed by atoms with E-state index < -0.39 is 18.0 Å². The summed E-state index contributed by atoms with van der Waals surface area (Å²) in [6.45, 7) is 5.90. The van der Waals surface area contributed by atoms with Gasteiger partial charge in [-0.3, -0.25) is 0 Å². The van der Waals surface area contributed by atoms with Crippen LogP contribution in [0.3, 0.4) is 0 Å². The summed E-state index contributed by atoms with van der Waals surface area (Å²) in [6, 6.07) is -1.50. The Balaban J connectivity index is 2.43. The highest BCUT2D eigenvalue weighted by Gasteiger charge is 2.23. The van der Waals surface area contributed by atoms with E-state index in [0.717, 1.165) is 0 Å². The first-order valence-electron chi connectivity index (χ1n) is 6.15. The molecule has 7 heteroatoms. The Bertz CT molecular complexity index is 417. The molecule has 1 aromatic heterocycles. The number of imidazole rings is 1. The molecule has 1 heterocycles. The molecule has 106 valence electrons. The third-order valence-electron chi connectivity index (χ3n) is 2.64. The fourth-order valence-electron chi connectivity index (χ4n) is 1.68. The molecule has 1 unspecified atom stereocenters. The zero-order valence-electron chi connectivity index (χ0n) is 11.3. The van der Waals surface area contributed by atoms with E-state index in [1.54, 1.807) is 32.6 Å². The van der Waals surface area contributed by atoms with Crippen LogP contribution in [0.25, 0.3) is 0 Å². The normalized spacial score (nSPS) is 13.9. The van der Waals surface area contributed by atoms with Gasteiger partial charge in [-0.05, 0) is 12.8 Å². The van der Waals surface area contributed by atoms with E-state index >= 15 is 0 Å². The molecule has 7 nitrogen and oxygen atoms in total. The van der Waals surface area contributed by atoms with Crippen LogP contribution in [0.15, 0.2) is 18.7 Å². The van der Waals surface area contributed by atoms with Crippen molar-refractivity contribution in [1.82, 2.24) is 20.2 Å². The van der Waals surface area contributed by atoms with Crippen molar-refractivity contribution < 1.29 is 14.7 Å². The number of nitrogens with one attached hydrogen (secondary N) is 2. The lowest BCUT2D eigenvalue weighted by Gasteiger charge is -2.20. The van der Waals surface area contributed by atoms with E-state index in [1.165, 1.54) is 0 Å². The molecule has 0 spiro atoms. The molecule has 0 saturated heterocycles. The lowest BCUT2D eigenvalue weighted by molar-refractivity contribution is -0.140. The van der Waals surface area contributed by atoms with E-state index in [-0.39, 0.29) is 12.0 Å². The van der Waals surface area contributed by atoms with Crippen molar-refractivity contribution in [2.45, 2.75) is 39.4 Å². The molecule has 0 bridgehead atoms. The molecule has 0 aliphatic carbocycles. The number of carboxylic acids is 1. The van der Waals surface area contributed by atoms with Crippen molar-refractivity contribution in [3.63, 3.8) is 0 Å². The van der Waals surface area contributed by atoms with Gasteiger partial charge >= 0.3 is 12.0 Å². The van der Waals surface area contributed by atoms with E-state index in [2.05, 4.69) is 15.6 Å². The summed E-state index contributed by atoms with van der Waals surface area (Å²) in [5.41, 5.74) is 0. The Hall–Kier alpha value is -2.05. The van der Waals surface area contributed by atoms with E-state index in [9.17, 15) is 9.59 Å². The smallest absolute Gasteiger partial charge is 0.326 e. The number of urea groups is 1. The molecule has 1 aromatic rings. The largest absolute Gasteiger partial charge is 0.480 e. The lowest BCUT2D eigenvalue weighted by Crippen LogP contribution is -2.51. The highest BCUT2D eigenvalue weighted by atomic mass is 16.4. The Labute approximate surface area is 112 Å². The number of aromatic nitrogens is 2. The van der Waals surface area contributed by atoms with Gasteiger partial charge in [0.1, 0.15) is 6.04 Å². The molecule has 0 saturated carbocycles. The predicted molar refractivity (Wildman–Crippen MR) is 69.6 cm³/mol. The minimum atomic E-state index is -1.03.